The van der Waals surface area contributed by atoms with Crippen molar-refractivity contribution < 1.29 is 23.1 Å². The van der Waals surface area contributed by atoms with Crippen LogP contribution in [0.5, 0.6) is 0 Å². The van der Waals surface area contributed by atoms with Gasteiger partial charge in [0.15, 0.2) is 0 Å². The van der Waals surface area contributed by atoms with E-state index in [4.69, 9.17) is 30.1 Å². The van der Waals surface area contributed by atoms with E-state index in [-0.39, 0.29) is 0 Å². The molecule has 17 heavy (non-hydrogen) atoms. The topological polar surface area (TPSA) is 54.0 Å². The van der Waals surface area contributed by atoms with Gasteiger partial charge in [0.25, 0.3) is 0 Å². The van der Waals surface area contributed by atoms with Gasteiger partial charge in [-0.3, -0.25) is 9.05 Å². The van der Waals surface area contributed by atoms with Gasteiger partial charge in [0.2, 0.25) is 0 Å². The van der Waals surface area contributed by atoms with Crippen LogP contribution in [-0.4, -0.2) is 25.8 Å². The first-order valence-corrected chi connectivity index (χ1v) is 7.96. The van der Waals surface area contributed by atoms with Crippen LogP contribution < -0.4 is 0 Å². The SMILES string of the molecule is CCOC(=O)C=C(C)OP(=S)(OCC)OCC. The van der Waals surface area contributed by atoms with Crippen LogP contribution in [0.25, 0.3) is 0 Å². The highest BCUT2D eigenvalue weighted by Crippen LogP contribution is 2.51. The van der Waals surface area contributed by atoms with Gasteiger partial charge < -0.3 is 9.26 Å². The zero-order valence-corrected chi connectivity index (χ0v) is 12.3. The number of allylic oxidation sites excluding steroid dienone is 1. The second kappa shape index (κ2) is 8.64. The number of rotatable bonds is 8. The third kappa shape index (κ3) is 7.49. The predicted molar refractivity (Wildman–Crippen MR) is 69.0 cm³/mol. The smallest absolute Gasteiger partial charge is 0.380 e. The highest BCUT2D eigenvalue weighted by Gasteiger charge is 2.21. The second-order valence-corrected chi connectivity index (χ2v) is 5.82. The van der Waals surface area contributed by atoms with Crippen LogP contribution in [0, 0.1) is 0 Å². The minimum Gasteiger partial charge on any atom is -0.463 e. The molecule has 0 radical (unpaired) electrons. The first kappa shape index (κ1) is 16.6. The van der Waals surface area contributed by atoms with Gasteiger partial charge in [0, 0.05) is 11.8 Å². The largest absolute Gasteiger partial charge is 0.463 e. The number of hydrogen-bond donors (Lipinski definition) is 0. The van der Waals surface area contributed by atoms with E-state index < -0.39 is 12.7 Å². The molecule has 0 unspecified atom stereocenters. The highest BCUT2D eigenvalue weighted by atomic mass is 32.5. The van der Waals surface area contributed by atoms with Crippen LogP contribution >= 0.6 is 6.72 Å². The summed E-state index contributed by atoms with van der Waals surface area (Å²) in [7, 11) is 0. The number of esters is 1. The minimum atomic E-state index is -2.79. The van der Waals surface area contributed by atoms with Gasteiger partial charge in [-0.15, -0.1) is 0 Å². The van der Waals surface area contributed by atoms with E-state index in [1.165, 1.54) is 6.08 Å². The summed E-state index contributed by atoms with van der Waals surface area (Å²) in [6.07, 6.45) is 1.22. The minimum absolute atomic E-state index is 0.313. The Balaban J connectivity index is 4.54. The van der Waals surface area contributed by atoms with Gasteiger partial charge in [-0.25, -0.2) is 4.79 Å². The van der Waals surface area contributed by atoms with Crippen LogP contribution in [0.2, 0.25) is 0 Å². The number of ether oxygens (including phenoxy) is 1. The van der Waals surface area contributed by atoms with E-state index >= 15 is 0 Å². The summed E-state index contributed by atoms with van der Waals surface area (Å²) in [5, 5.41) is 0. The molecule has 100 valence electrons. The lowest BCUT2D eigenvalue weighted by Gasteiger charge is -2.21. The van der Waals surface area contributed by atoms with Crippen LogP contribution in [-0.2, 0) is 34.9 Å². The molecule has 0 aromatic carbocycles. The Labute approximate surface area is 107 Å². The lowest BCUT2D eigenvalue weighted by molar-refractivity contribution is -0.137. The summed E-state index contributed by atoms with van der Waals surface area (Å²) in [6.45, 7) is 5.24. The number of carbonyl (C=O) groups is 1. The summed E-state index contributed by atoms with van der Waals surface area (Å²) < 4.78 is 20.7. The van der Waals surface area contributed by atoms with Crippen LogP contribution in [0.1, 0.15) is 27.7 Å². The van der Waals surface area contributed by atoms with Gasteiger partial charge in [-0.1, -0.05) is 0 Å². The molecular formula is C10H19O5PS. The molecule has 0 amide bonds. The van der Waals surface area contributed by atoms with E-state index in [1.54, 1.807) is 27.7 Å². The molecule has 0 aliphatic heterocycles. The molecule has 0 spiro atoms. The molecule has 7 heteroatoms. The summed E-state index contributed by atoms with van der Waals surface area (Å²) in [4.78, 5) is 11.2. The normalized spacial score (nSPS) is 12.4. The Kier molecular flexibility index (Phi) is 8.43. The molecule has 0 atom stereocenters. The molecule has 0 aromatic heterocycles. The van der Waals surface area contributed by atoms with E-state index in [1.807, 2.05) is 0 Å². The number of hydrogen-bond acceptors (Lipinski definition) is 6. The quantitative estimate of drug-likeness (QED) is 0.295. The molecule has 5 nitrogen and oxygen atoms in total. The average Bonchev–Trinajstić information content (AvgIpc) is 2.17. The maximum absolute atomic E-state index is 11.2. The third-order valence-electron chi connectivity index (χ3n) is 1.44. The van der Waals surface area contributed by atoms with E-state index in [0.717, 1.165) is 0 Å². The average molecular weight is 282 g/mol. The predicted octanol–water partition coefficient (Wildman–Crippen LogP) is 2.77. The molecule has 0 aromatic rings. The zero-order chi connectivity index (χ0) is 13.3. The molecule has 0 aliphatic carbocycles. The van der Waals surface area contributed by atoms with Crippen LogP contribution in [0.4, 0.5) is 0 Å². The summed E-state index contributed by atoms with van der Waals surface area (Å²) >= 11 is 5.15. The van der Waals surface area contributed by atoms with Crippen molar-refractivity contribution in [1.82, 2.24) is 0 Å². The van der Waals surface area contributed by atoms with E-state index in [9.17, 15) is 4.79 Å². The second-order valence-electron chi connectivity index (χ2n) is 2.88. The Morgan fingerprint density at radius 2 is 1.71 bits per heavy atom. The van der Waals surface area contributed by atoms with E-state index in [2.05, 4.69) is 0 Å². The lowest BCUT2D eigenvalue weighted by Crippen LogP contribution is -2.03. The van der Waals surface area contributed by atoms with Gasteiger partial charge in [0.1, 0.15) is 5.76 Å². The van der Waals surface area contributed by atoms with Crippen molar-refractivity contribution in [3.8, 4) is 0 Å². The molecule has 0 saturated carbocycles. The fraction of sp³-hybridized carbons (Fsp3) is 0.700. The molecule has 0 fully saturated rings. The maximum Gasteiger partial charge on any atom is 0.380 e. The zero-order valence-electron chi connectivity index (χ0n) is 10.6. The fourth-order valence-electron chi connectivity index (χ4n) is 0.959. The van der Waals surface area contributed by atoms with Gasteiger partial charge in [-0.05, 0) is 27.7 Å². The molecule has 0 rings (SSSR count). The van der Waals surface area contributed by atoms with Crippen molar-refractivity contribution in [2.75, 3.05) is 19.8 Å². The Morgan fingerprint density at radius 3 is 2.12 bits per heavy atom. The molecule has 0 N–H and O–H groups in total. The highest BCUT2D eigenvalue weighted by molar-refractivity contribution is 8.07. The Morgan fingerprint density at radius 1 is 1.18 bits per heavy atom. The van der Waals surface area contributed by atoms with Crippen LogP contribution in [0.3, 0.4) is 0 Å². The Hall–Kier alpha value is -0.420. The van der Waals surface area contributed by atoms with Crippen molar-refractivity contribution in [2.24, 2.45) is 0 Å². The van der Waals surface area contributed by atoms with Gasteiger partial charge >= 0.3 is 12.7 Å². The van der Waals surface area contributed by atoms with Crippen molar-refractivity contribution in [3.05, 3.63) is 11.8 Å². The Bertz CT molecular complexity index is 306. The monoisotopic (exact) mass is 282 g/mol. The third-order valence-corrected chi connectivity index (χ3v) is 3.95. The first-order chi connectivity index (χ1) is 7.97. The van der Waals surface area contributed by atoms with Gasteiger partial charge in [-0.2, -0.15) is 0 Å². The van der Waals surface area contributed by atoms with Crippen LogP contribution in [0.15, 0.2) is 11.8 Å². The van der Waals surface area contributed by atoms with Gasteiger partial charge in [0.05, 0.1) is 25.9 Å². The molecular weight excluding hydrogens is 263 g/mol. The first-order valence-electron chi connectivity index (χ1n) is 5.41. The lowest BCUT2D eigenvalue weighted by atomic mass is 10.5. The molecule has 0 heterocycles. The van der Waals surface area contributed by atoms with Crippen molar-refractivity contribution in [1.29, 1.82) is 0 Å². The summed E-state index contributed by atoms with van der Waals surface area (Å²) in [5.41, 5.74) is 0. The summed E-state index contributed by atoms with van der Waals surface area (Å²) in [5.74, 6) is -0.145. The van der Waals surface area contributed by atoms with E-state index in [0.29, 0.717) is 25.6 Å². The van der Waals surface area contributed by atoms with Crippen molar-refractivity contribution in [2.45, 2.75) is 27.7 Å². The maximum atomic E-state index is 11.2. The molecule has 0 saturated heterocycles. The molecule has 0 aliphatic rings. The van der Waals surface area contributed by atoms with Crippen molar-refractivity contribution in [3.63, 3.8) is 0 Å². The standard InChI is InChI=1S/C10H19O5PS/c1-5-12-10(11)8-9(4)15-16(17,13-6-2)14-7-3/h8H,5-7H2,1-4H3. The number of carbonyl (C=O) groups excluding carboxylic acids is 1. The fourth-order valence-corrected chi connectivity index (χ4v) is 3.16. The van der Waals surface area contributed by atoms with Crippen molar-refractivity contribution >= 4 is 24.5 Å². The molecule has 0 bridgehead atoms. The summed E-state index contributed by atoms with van der Waals surface area (Å²) in [6, 6.07) is 0.